The molecule has 0 saturated heterocycles. The third-order valence-corrected chi connectivity index (χ3v) is 2.27. The number of nitrogens with two attached hydrogens (primary N) is 1. The van der Waals surface area contributed by atoms with Crippen LogP contribution in [0.15, 0.2) is 0 Å². The maximum absolute atomic E-state index is 11.6. The van der Waals surface area contributed by atoms with E-state index in [1.54, 1.807) is 6.92 Å². The smallest absolute Gasteiger partial charge is 0.240 e. The molecule has 84 valence electrons. The molecule has 0 heterocycles. The highest BCUT2D eigenvalue weighted by atomic mass is 16.2. The van der Waals surface area contributed by atoms with Gasteiger partial charge in [-0.25, -0.2) is 0 Å². The van der Waals surface area contributed by atoms with Crippen LogP contribution in [0, 0.1) is 0 Å². The molecule has 4 heteroatoms. The summed E-state index contributed by atoms with van der Waals surface area (Å²) in [5, 5.41) is 2.90. The monoisotopic (exact) mass is 201 g/mol. The summed E-state index contributed by atoms with van der Waals surface area (Å²) in [6.45, 7) is 6.47. The van der Waals surface area contributed by atoms with Crippen molar-refractivity contribution < 1.29 is 4.79 Å². The molecule has 0 aromatic carbocycles. The molecule has 0 saturated carbocycles. The third kappa shape index (κ3) is 4.58. The molecule has 1 amide bonds. The Balaban J connectivity index is 4.06. The van der Waals surface area contributed by atoms with Crippen LogP contribution in [-0.2, 0) is 4.79 Å². The van der Waals surface area contributed by atoms with Gasteiger partial charge in [0.05, 0.1) is 5.54 Å². The lowest BCUT2D eigenvalue weighted by atomic mass is 9.99. The van der Waals surface area contributed by atoms with Crippen molar-refractivity contribution in [3.8, 4) is 0 Å². The maximum atomic E-state index is 11.6. The summed E-state index contributed by atoms with van der Waals surface area (Å²) >= 11 is 0. The molecule has 0 rings (SSSR count). The van der Waals surface area contributed by atoms with Crippen LogP contribution in [0.2, 0.25) is 0 Å². The number of nitrogens with zero attached hydrogens (tertiary/aromatic N) is 1. The average Bonchev–Trinajstić information content (AvgIpc) is 2.02. The van der Waals surface area contributed by atoms with Gasteiger partial charge >= 0.3 is 0 Å². The maximum Gasteiger partial charge on any atom is 0.240 e. The lowest BCUT2D eigenvalue weighted by molar-refractivity contribution is -0.126. The number of rotatable bonds is 5. The van der Waals surface area contributed by atoms with E-state index in [2.05, 4.69) is 5.32 Å². The van der Waals surface area contributed by atoms with Crippen LogP contribution in [0.5, 0.6) is 0 Å². The van der Waals surface area contributed by atoms with Gasteiger partial charge in [-0.15, -0.1) is 0 Å². The molecule has 0 aromatic rings. The first kappa shape index (κ1) is 13.4. The van der Waals surface area contributed by atoms with Gasteiger partial charge in [0, 0.05) is 12.6 Å². The number of likely N-dealkylation sites (N-methyl/N-ethyl adjacent to an activating group) is 1. The molecule has 0 aliphatic heterocycles. The van der Waals surface area contributed by atoms with Crippen molar-refractivity contribution in [2.45, 2.75) is 38.8 Å². The van der Waals surface area contributed by atoms with Crippen LogP contribution in [0.1, 0.15) is 27.2 Å². The molecule has 0 aromatic heterocycles. The fourth-order valence-electron chi connectivity index (χ4n) is 1.14. The predicted molar refractivity (Wildman–Crippen MR) is 59.0 cm³/mol. The summed E-state index contributed by atoms with van der Waals surface area (Å²) < 4.78 is 0. The number of hydrogen-bond acceptors (Lipinski definition) is 3. The van der Waals surface area contributed by atoms with Crippen LogP contribution < -0.4 is 11.1 Å². The van der Waals surface area contributed by atoms with E-state index in [0.29, 0.717) is 6.42 Å². The molecule has 0 radical (unpaired) electrons. The van der Waals surface area contributed by atoms with E-state index in [1.165, 1.54) is 0 Å². The largest absolute Gasteiger partial charge is 0.351 e. The summed E-state index contributed by atoms with van der Waals surface area (Å²) in [6.07, 6.45) is 0.646. The van der Waals surface area contributed by atoms with Gasteiger partial charge in [0.1, 0.15) is 0 Å². The lowest BCUT2D eigenvalue weighted by Crippen LogP contribution is -2.54. The van der Waals surface area contributed by atoms with Crippen LogP contribution in [-0.4, -0.2) is 43.0 Å². The lowest BCUT2D eigenvalue weighted by Gasteiger charge is -2.25. The molecule has 2 unspecified atom stereocenters. The molecule has 2 atom stereocenters. The van der Waals surface area contributed by atoms with Gasteiger partial charge in [-0.2, -0.15) is 0 Å². The first-order valence-corrected chi connectivity index (χ1v) is 5.04. The van der Waals surface area contributed by atoms with Gasteiger partial charge < -0.3 is 16.0 Å². The van der Waals surface area contributed by atoms with E-state index < -0.39 is 5.54 Å². The molecule has 0 spiro atoms. The highest BCUT2D eigenvalue weighted by Crippen LogP contribution is 2.04. The zero-order valence-corrected chi connectivity index (χ0v) is 9.92. The second kappa shape index (κ2) is 5.32. The minimum absolute atomic E-state index is 0.0747. The summed E-state index contributed by atoms with van der Waals surface area (Å²) in [5.74, 6) is -0.0747. The topological polar surface area (TPSA) is 58.4 Å². The van der Waals surface area contributed by atoms with Gasteiger partial charge in [0.15, 0.2) is 0 Å². The molecule has 0 aliphatic carbocycles. The van der Waals surface area contributed by atoms with E-state index >= 15 is 0 Å². The molecule has 4 nitrogen and oxygen atoms in total. The van der Waals surface area contributed by atoms with Crippen LogP contribution in [0.3, 0.4) is 0 Å². The number of carbonyl (C=O) groups excluding carboxylic acids is 1. The Morgan fingerprint density at radius 3 is 2.43 bits per heavy atom. The van der Waals surface area contributed by atoms with Gasteiger partial charge in [0.2, 0.25) is 5.91 Å². The highest BCUT2D eigenvalue weighted by Gasteiger charge is 2.26. The second-order valence-electron chi connectivity index (χ2n) is 4.41. The molecule has 14 heavy (non-hydrogen) atoms. The van der Waals surface area contributed by atoms with Crippen molar-refractivity contribution in [2.75, 3.05) is 20.6 Å². The zero-order chi connectivity index (χ0) is 11.4. The normalized spacial score (nSPS) is 17.6. The molecular formula is C10H23N3O. The first-order chi connectivity index (χ1) is 6.29. The fraction of sp³-hybridized carbons (Fsp3) is 0.900. The zero-order valence-electron chi connectivity index (χ0n) is 9.92. The number of amides is 1. The van der Waals surface area contributed by atoms with E-state index in [-0.39, 0.29) is 11.9 Å². The SMILES string of the molecule is CCC(C)(N)C(=O)NC(C)CN(C)C. The van der Waals surface area contributed by atoms with Crippen molar-refractivity contribution >= 4 is 5.91 Å². The van der Waals surface area contributed by atoms with Crippen molar-refractivity contribution in [1.29, 1.82) is 0 Å². The summed E-state index contributed by atoms with van der Waals surface area (Å²) in [6, 6.07) is 0.131. The second-order valence-corrected chi connectivity index (χ2v) is 4.41. The van der Waals surface area contributed by atoms with Gasteiger partial charge in [-0.3, -0.25) is 4.79 Å². The Bertz CT molecular complexity index is 190. The molecule has 0 fully saturated rings. The fourth-order valence-corrected chi connectivity index (χ4v) is 1.14. The molecule has 0 bridgehead atoms. The van der Waals surface area contributed by atoms with Crippen molar-refractivity contribution in [1.82, 2.24) is 10.2 Å². The number of carbonyl (C=O) groups is 1. The summed E-state index contributed by atoms with van der Waals surface area (Å²) in [7, 11) is 3.95. The van der Waals surface area contributed by atoms with E-state index in [9.17, 15) is 4.79 Å². The quantitative estimate of drug-likeness (QED) is 0.667. The van der Waals surface area contributed by atoms with Crippen LogP contribution in [0.25, 0.3) is 0 Å². The standard InChI is InChI=1S/C10H23N3O/c1-6-10(3,11)9(14)12-8(2)7-13(4)5/h8H,6-7,11H2,1-5H3,(H,12,14). The Labute approximate surface area is 86.8 Å². The third-order valence-electron chi connectivity index (χ3n) is 2.27. The van der Waals surface area contributed by atoms with Crippen LogP contribution >= 0.6 is 0 Å². The average molecular weight is 201 g/mol. The van der Waals surface area contributed by atoms with E-state index in [1.807, 2.05) is 32.8 Å². The Morgan fingerprint density at radius 1 is 1.57 bits per heavy atom. The Morgan fingerprint density at radius 2 is 2.07 bits per heavy atom. The first-order valence-electron chi connectivity index (χ1n) is 5.04. The van der Waals surface area contributed by atoms with Gasteiger partial charge in [-0.05, 0) is 34.4 Å². The molecule has 3 N–H and O–H groups in total. The minimum atomic E-state index is -0.749. The molecular weight excluding hydrogens is 178 g/mol. The highest BCUT2D eigenvalue weighted by molar-refractivity contribution is 5.85. The van der Waals surface area contributed by atoms with E-state index in [0.717, 1.165) is 6.54 Å². The number of hydrogen-bond donors (Lipinski definition) is 2. The summed E-state index contributed by atoms with van der Waals surface area (Å²) in [4.78, 5) is 13.7. The Kier molecular flexibility index (Phi) is 5.08. The predicted octanol–water partition coefficient (Wildman–Crippen LogP) is 0.180. The Hall–Kier alpha value is -0.610. The van der Waals surface area contributed by atoms with Gasteiger partial charge in [-0.1, -0.05) is 6.92 Å². The molecule has 0 aliphatic rings. The van der Waals surface area contributed by atoms with Crippen molar-refractivity contribution in [2.24, 2.45) is 5.73 Å². The summed E-state index contributed by atoms with van der Waals surface area (Å²) in [5.41, 5.74) is 5.06. The van der Waals surface area contributed by atoms with Crippen LogP contribution in [0.4, 0.5) is 0 Å². The van der Waals surface area contributed by atoms with Gasteiger partial charge in [0.25, 0.3) is 0 Å². The minimum Gasteiger partial charge on any atom is -0.351 e. The van der Waals surface area contributed by atoms with Crippen molar-refractivity contribution in [3.63, 3.8) is 0 Å². The number of nitrogens with one attached hydrogen (secondary N) is 1. The van der Waals surface area contributed by atoms with Crippen molar-refractivity contribution in [3.05, 3.63) is 0 Å². The van der Waals surface area contributed by atoms with E-state index in [4.69, 9.17) is 5.73 Å².